The minimum Gasteiger partial charge on any atom is -0.236 e. The van der Waals surface area contributed by atoms with Crippen LogP contribution in [0.2, 0.25) is 0 Å². The van der Waals surface area contributed by atoms with Gasteiger partial charge in [-0.15, -0.1) is 0 Å². The van der Waals surface area contributed by atoms with E-state index >= 15 is 0 Å². The van der Waals surface area contributed by atoms with Gasteiger partial charge in [0.25, 0.3) is 0 Å². The van der Waals surface area contributed by atoms with Gasteiger partial charge in [-0.3, -0.25) is 0 Å². The smallest absolute Gasteiger partial charge is 0.116 e. The average molecular weight is 277 g/mol. The second-order valence-corrected chi connectivity index (χ2v) is 5.98. The van der Waals surface area contributed by atoms with E-state index in [0.29, 0.717) is 5.92 Å². The van der Waals surface area contributed by atoms with Crippen LogP contribution in [0.1, 0.15) is 37.8 Å². The van der Waals surface area contributed by atoms with Crippen molar-refractivity contribution in [3.63, 3.8) is 0 Å². The van der Waals surface area contributed by atoms with Crippen LogP contribution < -0.4 is 0 Å². The van der Waals surface area contributed by atoms with Crippen molar-refractivity contribution < 1.29 is 1.37 Å². The lowest BCUT2D eigenvalue weighted by molar-refractivity contribution is 0.868. The molecule has 0 aliphatic rings. The molecule has 1 heterocycles. The summed E-state index contributed by atoms with van der Waals surface area (Å²) < 4.78 is 7.93. The topological polar surface area (TPSA) is 25.8 Å². The normalized spacial score (nSPS) is 12.0. The highest BCUT2D eigenvalue weighted by Gasteiger charge is 2.09. The Morgan fingerprint density at radius 3 is 2.33 bits per heavy atom. The largest absolute Gasteiger partial charge is 0.236 e. The van der Waals surface area contributed by atoms with Gasteiger partial charge >= 0.3 is 0 Å². The van der Waals surface area contributed by atoms with Gasteiger partial charge in [-0.1, -0.05) is 43.2 Å². The standard InChI is InChI=1S/C19H20N2/c1-12(2)15-5-6-17-18(10-15)20-11-21-19(17)16-8-13(3)7-14(4)9-16/h5-12H,1-4H3/i11D. The summed E-state index contributed by atoms with van der Waals surface area (Å²) in [5, 5.41) is 1.01. The molecule has 0 spiro atoms. The van der Waals surface area contributed by atoms with Crippen LogP contribution in [-0.2, 0) is 0 Å². The molecule has 0 N–H and O–H groups in total. The molecule has 2 nitrogen and oxygen atoms in total. The van der Waals surface area contributed by atoms with Crippen molar-refractivity contribution >= 4 is 10.9 Å². The Balaban J connectivity index is 2.29. The fourth-order valence-corrected chi connectivity index (χ4v) is 2.72. The fourth-order valence-electron chi connectivity index (χ4n) is 2.72. The minimum atomic E-state index is 0.0718. The van der Waals surface area contributed by atoms with Crippen LogP contribution in [0, 0.1) is 13.8 Å². The van der Waals surface area contributed by atoms with Crippen molar-refractivity contribution in [3.8, 4) is 11.3 Å². The molecule has 2 heteroatoms. The van der Waals surface area contributed by atoms with E-state index in [9.17, 15) is 0 Å². The highest BCUT2D eigenvalue weighted by atomic mass is 14.8. The first-order valence-electron chi connectivity index (χ1n) is 7.81. The molecule has 0 radical (unpaired) electrons. The number of aryl methyl sites for hydroxylation is 2. The van der Waals surface area contributed by atoms with Crippen LogP contribution in [0.3, 0.4) is 0 Å². The molecular formula is C19H20N2. The molecule has 3 aromatic rings. The van der Waals surface area contributed by atoms with Crippen molar-refractivity contribution in [1.29, 1.82) is 0 Å². The maximum atomic E-state index is 7.93. The van der Waals surface area contributed by atoms with Crippen LogP contribution in [0.15, 0.2) is 42.7 Å². The molecule has 21 heavy (non-hydrogen) atoms. The summed E-state index contributed by atoms with van der Waals surface area (Å²) in [6.45, 7) is 8.49. The SMILES string of the molecule is [2H]c1nc(-c2cc(C)cc(C)c2)c2ccc(C(C)C)cc2n1. The van der Waals surface area contributed by atoms with Gasteiger partial charge in [-0.05, 0) is 43.5 Å². The van der Waals surface area contributed by atoms with Crippen molar-refractivity contribution in [2.24, 2.45) is 0 Å². The molecule has 2 aromatic carbocycles. The Labute approximate surface area is 127 Å². The number of fused-ring (bicyclic) bond motifs is 1. The zero-order chi connectivity index (χ0) is 15.9. The monoisotopic (exact) mass is 277 g/mol. The molecule has 1 aromatic heterocycles. The number of hydrogen-bond acceptors (Lipinski definition) is 2. The molecule has 106 valence electrons. The van der Waals surface area contributed by atoms with Gasteiger partial charge in [0.1, 0.15) is 7.67 Å². The molecule has 0 atom stereocenters. The quantitative estimate of drug-likeness (QED) is 0.656. The molecule has 0 saturated carbocycles. The van der Waals surface area contributed by atoms with E-state index in [-0.39, 0.29) is 6.30 Å². The maximum Gasteiger partial charge on any atom is 0.116 e. The molecule has 0 unspecified atom stereocenters. The van der Waals surface area contributed by atoms with Crippen LogP contribution in [0.25, 0.3) is 22.2 Å². The first-order chi connectivity index (χ1) is 10.4. The van der Waals surface area contributed by atoms with E-state index in [1.165, 1.54) is 16.7 Å². The summed E-state index contributed by atoms with van der Waals surface area (Å²) in [6, 6.07) is 12.7. The van der Waals surface area contributed by atoms with Gasteiger partial charge in [-0.2, -0.15) is 0 Å². The van der Waals surface area contributed by atoms with Crippen molar-refractivity contribution in [2.45, 2.75) is 33.6 Å². The minimum absolute atomic E-state index is 0.0718. The first-order valence-corrected chi connectivity index (χ1v) is 7.31. The van der Waals surface area contributed by atoms with Crippen molar-refractivity contribution in [2.75, 3.05) is 0 Å². The molecule has 0 saturated heterocycles. The lowest BCUT2D eigenvalue weighted by Gasteiger charge is -2.10. The average Bonchev–Trinajstić information content (AvgIpc) is 2.44. The summed E-state index contributed by atoms with van der Waals surface area (Å²) in [7, 11) is 0. The second-order valence-electron chi connectivity index (χ2n) is 5.98. The fraction of sp³-hybridized carbons (Fsp3) is 0.263. The summed E-state index contributed by atoms with van der Waals surface area (Å²) in [5.41, 5.74) is 6.38. The van der Waals surface area contributed by atoms with Gasteiger partial charge in [0.15, 0.2) is 0 Å². The Hall–Kier alpha value is -2.22. The van der Waals surface area contributed by atoms with E-state index in [2.05, 4.69) is 74.1 Å². The number of aromatic nitrogens is 2. The lowest BCUT2D eigenvalue weighted by atomic mass is 9.98. The molecule has 0 aliphatic heterocycles. The maximum absolute atomic E-state index is 7.93. The Morgan fingerprint density at radius 1 is 0.952 bits per heavy atom. The Kier molecular flexibility index (Phi) is 3.15. The van der Waals surface area contributed by atoms with E-state index in [1.807, 2.05) is 0 Å². The van der Waals surface area contributed by atoms with Gasteiger partial charge in [0, 0.05) is 10.9 Å². The van der Waals surface area contributed by atoms with Gasteiger partial charge in [0.05, 0.1) is 11.2 Å². The van der Waals surface area contributed by atoms with Crippen molar-refractivity contribution in [1.82, 2.24) is 9.97 Å². The van der Waals surface area contributed by atoms with Crippen LogP contribution in [0.5, 0.6) is 0 Å². The highest BCUT2D eigenvalue weighted by molar-refractivity contribution is 5.92. The third-order valence-electron chi connectivity index (χ3n) is 3.77. The summed E-state index contributed by atoms with van der Waals surface area (Å²) in [6.07, 6.45) is 0.0718. The van der Waals surface area contributed by atoms with E-state index < -0.39 is 0 Å². The third kappa shape index (κ3) is 2.66. The number of rotatable bonds is 2. The molecular weight excluding hydrogens is 256 g/mol. The summed E-state index contributed by atoms with van der Waals surface area (Å²) in [5.74, 6) is 0.443. The zero-order valence-corrected chi connectivity index (χ0v) is 12.9. The summed E-state index contributed by atoms with van der Waals surface area (Å²) in [4.78, 5) is 8.69. The predicted molar refractivity (Wildman–Crippen MR) is 88.5 cm³/mol. The molecule has 3 rings (SSSR count). The highest BCUT2D eigenvalue weighted by Crippen LogP contribution is 2.28. The van der Waals surface area contributed by atoms with E-state index in [1.54, 1.807) is 0 Å². The Morgan fingerprint density at radius 2 is 1.67 bits per heavy atom. The predicted octanol–water partition coefficient (Wildman–Crippen LogP) is 5.04. The molecule has 0 amide bonds. The first kappa shape index (κ1) is 12.5. The van der Waals surface area contributed by atoms with Crippen LogP contribution in [-0.4, -0.2) is 9.97 Å². The Bertz CT molecular complexity index is 833. The van der Waals surface area contributed by atoms with E-state index in [0.717, 1.165) is 22.2 Å². The molecule has 0 bridgehead atoms. The number of hydrogen-bond donors (Lipinski definition) is 0. The van der Waals surface area contributed by atoms with E-state index in [4.69, 9.17) is 1.37 Å². The number of nitrogens with zero attached hydrogens (tertiary/aromatic N) is 2. The second kappa shape index (κ2) is 5.28. The molecule has 0 aliphatic carbocycles. The van der Waals surface area contributed by atoms with Crippen LogP contribution >= 0.6 is 0 Å². The van der Waals surface area contributed by atoms with Gasteiger partial charge < -0.3 is 0 Å². The van der Waals surface area contributed by atoms with Crippen LogP contribution in [0.4, 0.5) is 0 Å². The third-order valence-corrected chi connectivity index (χ3v) is 3.77. The lowest BCUT2D eigenvalue weighted by Crippen LogP contribution is -1.93. The number of benzene rings is 2. The zero-order valence-electron chi connectivity index (χ0n) is 13.9. The van der Waals surface area contributed by atoms with Gasteiger partial charge in [-0.25, -0.2) is 9.97 Å². The molecule has 0 fully saturated rings. The van der Waals surface area contributed by atoms with Gasteiger partial charge in [0.2, 0.25) is 0 Å². The summed E-state index contributed by atoms with van der Waals surface area (Å²) >= 11 is 0. The van der Waals surface area contributed by atoms with Crippen molar-refractivity contribution in [3.05, 3.63) is 59.4 Å².